The summed E-state index contributed by atoms with van der Waals surface area (Å²) in [7, 11) is 0. The molecule has 4 aliphatic heterocycles. The van der Waals surface area contributed by atoms with Crippen molar-refractivity contribution in [3.05, 3.63) is 0 Å². The molecule has 0 amide bonds. The lowest BCUT2D eigenvalue weighted by Crippen LogP contribution is -2.51. The average Bonchev–Trinajstić information content (AvgIpc) is 3.02. The van der Waals surface area contributed by atoms with Crippen molar-refractivity contribution >= 4 is 0 Å². The van der Waals surface area contributed by atoms with E-state index in [0.29, 0.717) is 6.61 Å². The second kappa shape index (κ2) is 5.36. The van der Waals surface area contributed by atoms with Gasteiger partial charge >= 0.3 is 0 Å². The molecule has 1 spiro atoms. The SMILES string of the molecule is CC1(C)OC2OC3(COC(C)(C)O3)C(OC3CCCCO3)C2O1. The van der Waals surface area contributed by atoms with E-state index in [0.717, 1.165) is 19.3 Å². The van der Waals surface area contributed by atoms with Crippen LogP contribution in [0.1, 0.15) is 47.0 Å². The van der Waals surface area contributed by atoms with Gasteiger partial charge in [-0.05, 0) is 47.0 Å². The van der Waals surface area contributed by atoms with Gasteiger partial charge in [0, 0.05) is 6.61 Å². The molecule has 0 aromatic heterocycles. The van der Waals surface area contributed by atoms with Crippen LogP contribution in [0, 0.1) is 0 Å². The quantitative estimate of drug-likeness (QED) is 0.766. The fourth-order valence-electron chi connectivity index (χ4n) is 3.68. The zero-order valence-corrected chi connectivity index (χ0v) is 14.2. The van der Waals surface area contributed by atoms with E-state index in [2.05, 4.69) is 0 Å². The highest BCUT2D eigenvalue weighted by Gasteiger charge is 2.68. The molecular weight excluding hydrogens is 304 g/mol. The minimum Gasteiger partial charge on any atom is -0.353 e. The Bertz CT molecular complexity index is 459. The Hall–Kier alpha value is -0.280. The lowest BCUT2D eigenvalue weighted by Gasteiger charge is -2.35. The van der Waals surface area contributed by atoms with Crippen LogP contribution in [0.25, 0.3) is 0 Å². The van der Waals surface area contributed by atoms with Crippen LogP contribution < -0.4 is 0 Å². The number of ether oxygens (including phenoxy) is 7. The molecular formula is C16H26O7. The molecule has 4 rings (SSSR count). The van der Waals surface area contributed by atoms with Crippen molar-refractivity contribution < 1.29 is 33.2 Å². The summed E-state index contributed by atoms with van der Waals surface area (Å²) in [4.78, 5) is 0. The molecule has 7 nitrogen and oxygen atoms in total. The zero-order chi connectivity index (χ0) is 16.3. The summed E-state index contributed by atoms with van der Waals surface area (Å²) >= 11 is 0. The summed E-state index contributed by atoms with van der Waals surface area (Å²) in [6.45, 7) is 8.44. The van der Waals surface area contributed by atoms with Gasteiger partial charge < -0.3 is 33.2 Å². The number of rotatable bonds is 2. The molecule has 4 aliphatic rings. The van der Waals surface area contributed by atoms with Gasteiger partial charge in [-0.1, -0.05) is 0 Å². The molecule has 0 bridgehead atoms. The predicted octanol–water partition coefficient (Wildman–Crippen LogP) is 1.89. The van der Waals surface area contributed by atoms with Gasteiger partial charge in [-0.15, -0.1) is 0 Å². The van der Waals surface area contributed by atoms with Crippen molar-refractivity contribution in [1.82, 2.24) is 0 Å². The highest BCUT2D eigenvalue weighted by atomic mass is 16.9. The van der Waals surface area contributed by atoms with E-state index >= 15 is 0 Å². The number of hydrogen-bond acceptors (Lipinski definition) is 7. The van der Waals surface area contributed by atoms with Crippen molar-refractivity contribution in [3.63, 3.8) is 0 Å². The third-order valence-electron chi connectivity index (χ3n) is 4.61. The molecule has 5 atom stereocenters. The monoisotopic (exact) mass is 330 g/mol. The van der Waals surface area contributed by atoms with Crippen molar-refractivity contribution in [2.75, 3.05) is 13.2 Å². The highest BCUT2D eigenvalue weighted by molar-refractivity contribution is 5.02. The van der Waals surface area contributed by atoms with Gasteiger partial charge in [-0.3, -0.25) is 0 Å². The first-order valence-corrected chi connectivity index (χ1v) is 8.43. The Morgan fingerprint density at radius 3 is 2.43 bits per heavy atom. The van der Waals surface area contributed by atoms with E-state index in [9.17, 15) is 0 Å². The Labute approximate surface area is 136 Å². The summed E-state index contributed by atoms with van der Waals surface area (Å²) < 4.78 is 41.7. The molecule has 132 valence electrons. The Morgan fingerprint density at radius 1 is 0.957 bits per heavy atom. The van der Waals surface area contributed by atoms with Crippen molar-refractivity contribution in [2.24, 2.45) is 0 Å². The van der Waals surface area contributed by atoms with Crippen molar-refractivity contribution in [2.45, 2.75) is 89.1 Å². The topological polar surface area (TPSA) is 64.6 Å². The summed E-state index contributed by atoms with van der Waals surface area (Å²) in [6, 6.07) is 0. The summed E-state index contributed by atoms with van der Waals surface area (Å²) in [5, 5.41) is 0. The molecule has 0 saturated carbocycles. The number of fused-ring (bicyclic) bond motifs is 1. The van der Waals surface area contributed by atoms with Gasteiger partial charge in [-0.2, -0.15) is 0 Å². The van der Waals surface area contributed by atoms with Crippen LogP contribution >= 0.6 is 0 Å². The maximum absolute atomic E-state index is 6.23. The Balaban J connectivity index is 1.56. The Morgan fingerprint density at radius 2 is 1.78 bits per heavy atom. The standard InChI is InChI=1S/C16H26O7/c1-14(2)18-9-16(23-14)12(19-10-7-5-6-8-17-10)11-13(22-16)21-15(3,4)20-11/h10-13H,5-9H2,1-4H3. The maximum atomic E-state index is 6.23. The van der Waals surface area contributed by atoms with Gasteiger partial charge in [0.05, 0.1) is 0 Å². The molecule has 0 aromatic rings. The first-order valence-electron chi connectivity index (χ1n) is 8.43. The van der Waals surface area contributed by atoms with Crippen molar-refractivity contribution in [3.8, 4) is 0 Å². The molecule has 4 saturated heterocycles. The van der Waals surface area contributed by atoms with Gasteiger partial charge in [0.2, 0.25) is 5.79 Å². The summed E-state index contributed by atoms with van der Waals surface area (Å²) in [5.41, 5.74) is 0. The largest absolute Gasteiger partial charge is 0.353 e. The lowest BCUT2D eigenvalue weighted by molar-refractivity contribution is -0.336. The molecule has 5 unspecified atom stereocenters. The van der Waals surface area contributed by atoms with Crippen LogP contribution in [0.5, 0.6) is 0 Å². The van der Waals surface area contributed by atoms with Crippen LogP contribution in [0.15, 0.2) is 0 Å². The molecule has 0 aliphatic carbocycles. The summed E-state index contributed by atoms with van der Waals surface area (Å²) in [5.74, 6) is -2.46. The van der Waals surface area contributed by atoms with E-state index in [4.69, 9.17) is 33.2 Å². The molecule has 23 heavy (non-hydrogen) atoms. The van der Waals surface area contributed by atoms with E-state index in [-0.39, 0.29) is 19.0 Å². The second-order valence-corrected chi connectivity index (χ2v) is 7.54. The zero-order valence-electron chi connectivity index (χ0n) is 14.2. The Kier molecular flexibility index (Phi) is 3.77. The van der Waals surface area contributed by atoms with E-state index < -0.39 is 29.8 Å². The van der Waals surface area contributed by atoms with Crippen LogP contribution in [0.2, 0.25) is 0 Å². The fourth-order valence-corrected chi connectivity index (χ4v) is 3.68. The van der Waals surface area contributed by atoms with E-state index in [1.54, 1.807) is 0 Å². The minimum absolute atomic E-state index is 0.271. The maximum Gasteiger partial charge on any atom is 0.227 e. The molecule has 0 radical (unpaired) electrons. The molecule has 4 fully saturated rings. The smallest absolute Gasteiger partial charge is 0.227 e. The van der Waals surface area contributed by atoms with Gasteiger partial charge in [0.1, 0.15) is 18.8 Å². The molecule has 4 heterocycles. The van der Waals surface area contributed by atoms with Gasteiger partial charge in [-0.25, -0.2) is 0 Å². The lowest BCUT2D eigenvalue weighted by atomic mass is 10.1. The average molecular weight is 330 g/mol. The van der Waals surface area contributed by atoms with Gasteiger partial charge in [0.25, 0.3) is 0 Å². The predicted molar refractivity (Wildman–Crippen MR) is 77.2 cm³/mol. The summed E-state index contributed by atoms with van der Waals surface area (Å²) in [6.07, 6.45) is 1.39. The first-order chi connectivity index (χ1) is 10.8. The van der Waals surface area contributed by atoms with Crippen LogP contribution in [-0.4, -0.2) is 55.4 Å². The third kappa shape index (κ3) is 2.93. The second-order valence-electron chi connectivity index (χ2n) is 7.54. The van der Waals surface area contributed by atoms with E-state index in [1.165, 1.54) is 0 Å². The molecule has 0 N–H and O–H groups in total. The van der Waals surface area contributed by atoms with Crippen LogP contribution in [-0.2, 0) is 33.2 Å². The normalized spacial score (nSPS) is 48.0. The fraction of sp³-hybridized carbons (Fsp3) is 1.00. The van der Waals surface area contributed by atoms with Crippen LogP contribution in [0.3, 0.4) is 0 Å². The van der Waals surface area contributed by atoms with Gasteiger partial charge in [0.15, 0.2) is 24.2 Å². The van der Waals surface area contributed by atoms with Crippen LogP contribution in [0.4, 0.5) is 0 Å². The molecule has 0 aromatic carbocycles. The van der Waals surface area contributed by atoms with Crippen molar-refractivity contribution in [1.29, 1.82) is 0 Å². The first kappa shape index (κ1) is 16.2. The van der Waals surface area contributed by atoms with E-state index in [1.807, 2.05) is 27.7 Å². The number of hydrogen-bond donors (Lipinski definition) is 0. The third-order valence-corrected chi connectivity index (χ3v) is 4.61. The molecule has 7 heteroatoms. The minimum atomic E-state index is -1.02. The highest BCUT2D eigenvalue weighted by Crippen LogP contribution is 2.49.